The number of hydrogen-bond acceptors (Lipinski definition) is 7. The maximum Gasteiger partial charge on any atom is 0.436 e. The fourth-order valence-electron chi connectivity index (χ4n) is 4.62. The van der Waals surface area contributed by atoms with Crippen LogP contribution in [0.3, 0.4) is 0 Å². The van der Waals surface area contributed by atoms with Gasteiger partial charge in [0.1, 0.15) is 11.8 Å². The zero-order chi connectivity index (χ0) is 31.1. The molecule has 0 aliphatic carbocycles. The first-order valence-corrected chi connectivity index (χ1v) is 13.4. The minimum atomic E-state index is -4.70. The van der Waals surface area contributed by atoms with Crippen LogP contribution in [0.2, 0.25) is 5.02 Å². The normalized spacial score (nSPS) is 12.4. The van der Waals surface area contributed by atoms with E-state index in [0.29, 0.717) is 16.7 Å². The maximum absolute atomic E-state index is 13.4. The van der Waals surface area contributed by atoms with E-state index in [1.165, 1.54) is 42.1 Å². The number of benzene rings is 2. The predicted molar refractivity (Wildman–Crippen MR) is 155 cm³/mol. The van der Waals surface area contributed by atoms with Crippen molar-refractivity contribution in [1.82, 2.24) is 29.5 Å². The Hall–Kier alpha value is -4.78. The number of amides is 1. The second kappa shape index (κ2) is 11.5. The number of halogens is 4. The van der Waals surface area contributed by atoms with Crippen LogP contribution < -0.4 is 15.6 Å². The summed E-state index contributed by atoms with van der Waals surface area (Å²) < 4.78 is 47.3. The lowest BCUT2D eigenvalue weighted by Gasteiger charge is -2.21. The third-order valence-electron chi connectivity index (χ3n) is 6.91. The quantitative estimate of drug-likeness (QED) is 0.243. The molecule has 1 atom stereocenters. The molecular weight excluding hydrogens is 587 g/mol. The number of hydrogen-bond donors (Lipinski definition) is 1. The van der Waals surface area contributed by atoms with Crippen molar-refractivity contribution < 1.29 is 22.7 Å². The summed E-state index contributed by atoms with van der Waals surface area (Å²) in [5.74, 6) is -0.265. The van der Waals surface area contributed by atoms with Crippen molar-refractivity contribution in [2.24, 2.45) is 0 Å². The molecule has 14 heteroatoms. The Kier molecular flexibility index (Phi) is 7.93. The number of aromatic nitrogens is 6. The van der Waals surface area contributed by atoms with E-state index >= 15 is 0 Å². The van der Waals surface area contributed by atoms with E-state index in [0.717, 1.165) is 22.3 Å². The van der Waals surface area contributed by atoms with Gasteiger partial charge in [-0.3, -0.25) is 14.2 Å². The molecule has 1 amide bonds. The van der Waals surface area contributed by atoms with Gasteiger partial charge in [-0.05, 0) is 56.7 Å². The highest BCUT2D eigenvalue weighted by Crippen LogP contribution is 2.36. The van der Waals surface area contributed by atoms with Gasteiger partial charge in [0.2, 0.25) is 5.91 Å². The first-order chi connectivity index (χ1) is 20.4. The maximum atomic E-state index is 13.4. The van der Waals surface area contributed by atoms with Gasteiger partial charge in [0.25, 0.3) is 5.56 Å². The van der Waals surface area contributed by atoms with Crippen molar-refractivity contribution >= 4 is 34.2 Å². The number of methoxy groups -OCH3 is 1. The molecule has 3 heterocycles. The van der Waals surface area contributed by atoms with E-state index in [9.17, 15) is 22.8 Å². The van der Waals surface area contributed by atoms with Crippen LogP contribution in [-0.4, -0.2) is 42.5 Å². The molecule has 0 bridgehead atoms. The summed E-state index contributed by atoms with van der Waals surface area (Å²) in [6, 6.07) is 9.90. The van der Waals surface area contributed by atoms with Crippen LogP contribution in [0.25, 0.3) is 27.8 Å². The number of aryl methyl sites for hydroxylation is 2. The van der Waals surface area contributed by atoms with Crippen LogP contribution in [0.1, 0.15) is 36.5 Å². The summed E-state index contributed by atoms with van der Waals surface area (Å²) in [6.45, 7) is 5.47. The van der Waals surface area contributed by atoms with Crippen molar-refractivity contribution in [1.29, 1.82) is 0 Å². The summed E-state index contributed by atoms with van der Waals surface area (Å²) in [5, 5.41) is 9.94. The van der Waals surface area contributed by atoms with Crippen LogP contribution in [0.5, 0.6) is 5.75 Å². The lowest BCUT2D eigenvalue weighted by Crippen LogP contribution is -2.32. The molecule has 5 aromatic rings. The standard InChI is InChI=1S/C29H25ClF3N7O3/c1-5-23(28(42)36-18-7-8-21-22(11-18)35-16(3)15(2)34-21)39-13-25(43-4)20(12-27(39)41)19-10-17(30)6-9-24(19)40-14-26(37-38-40)29(31,32)33/h6-14,23H,5H2,1-4H3,(H,36,42). The number of ether oxygens (including phenoxy) is 1. The van der Waals surface area contributed by atoms with E-state index < -0.39 is 29.4 Å². The molecular formula is C29H25ClF3N7O3. The van der Waals surface area contributed by atoms with E-state index in [1.54, 1.807) is 25.1 Å². The van der Waals surface area contributed by atoms with Gasteiger partial charge in [-0.1, -0.05) is 23.7 Å². The fourth-order valence-corrected chi connectivity index (χ4v) is 4.80. The minimum Gasteiger partial charge on any atom is -0.495 e. The van der Waals surface area contributed by atoms with Crippen LogP contribution in [0, 0.1) is 13.8 Å². The van der Waals surface area contributed by atoms with Gasteiger partial charge in [-0.2, -0.15) is 13.2 Å². The van der Waals surface area contributed by atoms with Crippen molar-refractivity contribution in [2.75, 3.05) is 12.4 Å². The molecule has 222 valence electrons. The number of anilines is 1. The zero-order valence-electron chi connectivity index (χ0n) is 23.4. The lowest BCUT2D eigenvalue weighted by atomic mass is 10.0. The monoisotopic (exact) mass is 611 g/mol. The highest BCUT2D eigenvalue weighted by atomic mass is 35.5. The number of fused-ring (bicyclic) bond motifs is 1. The van der Waals surface area contributed by atoms with Crippen molar-refractivity contribution in [3.05, 3.63) is 87.3 Å². The van der Waals surface area contributed by atoms with Crippen LogP contribution in [-0.2, 0) is 11.0 Å². The third kappa shape index (κ3) is 5.93. The van der Waals surface area contributed by atoms with Crippen LogP contribution in [0.15, 0.2) is 59.7 Å². The molecule has 0 aliphatic rings. The molecule has 43 heavy (non-hydrogen) atoms. The lowest BCUT2D eigenvalue weighted by molar-refractivity contribution is -0.141. The molecule has 10 nitrogen and oxygen atoms in total. The Morgan fingerprint density at radius 3 is 2.40 bits per heavy atom. The second-order valence-electron chi connectivity index (χ2n) is 9.72. The highest BCUT2D eigenvalue weighted by molar-refractivity contribution is 6.31. The largest absolute Gasteiger partial charge is 0.495 e. The highest BCUT2D eigenvalue weighted by Gasteiger charge is 2.35. The number of rotatable bonds is 7. The number of carbonyl (C=O) groups excluding carboxylic acids is 1. The minimum absolute atomic E-state index is 0.178. The Morgan fingerprint density at radius 2 is 1.74 bits per heavy atom. The predicted octanol–water partition coefficient (Wildman–Crippen LogP) is 5.93. The molecule has 2 aromatic carbocycles. The van der Waals surface area contributed by atoms with Gasteiger partial charge >= 0.3 is 6.18 Å². The average molecular weight is 612 g/mol. The summed E-state index contributed by atoms with van der Waals surface area (Å²) in [6.07, 6.45) is -2.31. The Morgan fingerprint density at radius 1 is 1.02 bits per heavy atom. The van der Waals surface area contributed by atoms with E-state index in [1.807, 2.05) is 13.8 Å². The summed E-state index contributed by atoms with van der Waals surface area (Å²) >= 11 is 6.23. The van der Waals surface area contributed by atoms with Gasteiger partial charge in [0, 0.05) is 27.9 Å². The van der Waals surface area contributed by atoms with Gasteiger partial charge in [0.15, 0.2) is 5.69 Å². The zero-order valence-corrected chi connectivity index (χ0v) is 24.2. The number of alkyl halides is 3. The Balaban J connectivity index is 1.51. The first kappa shape index (κ1) is 29.7. The fraction of sp³-hybridized carbons (Fsp3) is 0.241. The van der Waals surface area contributed by atoms with Gasteiger partial charge in [-0.25, -0.2) is 14.6 Å². The first-order valence-electron chi connectivity index (χ1n) is 13.1. The van der Waals surface area contributed by atoms with E-state index in [-0.39, 0.29) is 34.0 Å². The molecule has 0 saturated heterocycles. The van der Waals surface area contributed by atoms with Crippen molar-refractivity contribution in [2.45, 2.75) is 39.4 Å². The molecule has 5 rings (SSSR count). The molecule has 0 aliphatic heterocycles. The van der Waals surface area contributed by atoms with Crippen LogP contribution in [0.4, 0.5) is 18.9 Å². The molecule has 1 unspecified atom stereocenters. The molecule has 1 N–H and O–H groups in total. The number of nitrogens with zero attached hydrogens (tertiary/aromatic N) is 6. The molecule has 3 aromatic heterocycles. The van der Waals surface area contributed by atoms with Gasteiger partial charge in [0.05, 0.1) is 47.6 Å². The van der Waals surface area contributed by atoms with Gasteiger partial charge < -0.3 is 10.1 Å². The van der Waals surface area contributed by atoms with Crippen molar-refractivity contribution in [3.63, 3.8) is 0 Å². The summed E-state index contributed by atoms with van der Waals surface area (Å²) in [7, 11) is 1.37. The number of pyridine rings is 1. The number of nitrogens with one attached hydrogen (secondary N) is 1. The van der Waals surface area contributed by atoms with E-state index in [4.69, 9.17) is 16.3 Å². The SMILES string of the molecule is CCC(C(=O)Nc1ccc2nc(C)c(C)nc2c1)n1cc(OC)c(-c2cc(Cl)ccc2-n2cc(C(F)(F)F)nn2)cc1=O. The topological polar surface area (TPSA) is 117 Å². The smallest absolute Gasteiger partial charge is 0.436 e. The Labute approximate surface area is 248 Å². The van der Waals surface area contributed by atoms with Crippen molar-refractivity contribution in [3.8, 4) is 22.6 Å². The molecule has 0 fully saturated rings. The average Bonchev–Trinajstić information content (AvgIpc) is 3.46. The molecule has 0 radical (unpaired) electrons. The Bertz CT molecular complexity index is 1920. The number of carbonyl (C=O) groups is 1. The second-order valence-corrected chi connectivity index (χ2v) is 10.2. The van der Waals surface area contributed by atoms with E-state index in [2.05, 4.69) is 25.6 Å². The summed E-state index contributed by atoms with van der Waals surface area (Å²) in [5.41, 5.74) is 2.32. The third-order valence-corrected chi connectivity index (χ3v) is 7.15. The van der Waals surface area contributed by atoms with Gasteiger partial charge in [-0.15, -0.1) is 5.10 Å². The summed E-state index contributed by atoms with van der Waals surface area (Å²) in [4.78, 5) is 35.9. The van der Waals surface area contributed by atoms with Crippen LogP contribution >= 0.6 is 11.6 Å². The molecule has 0 saturated carbocycles. The molecule has 0 spiro atoms.